The summed E-state index contributed by atoms with van der Waals surface area (Å²) in [5, 5.41) is 2.79. The molecule has 0 saturated carbocycles. The first-order valence-corrected chi connectivity index (χ1v) is 5.65. The number of carbonyl (C=O) groups excluding carboxylic acids is 1. The molecule has 0 spiro atoms. The zero-order valence-corrected chi connectivity index (χ0v) is 9.50. The van der Waals surface area contributed by atoms with E-state index in [1.165, 1.54) is 0 Å². The summed E-state index contributed by atoms with van der Waals surface area (Å²) in [4.78, 5) is 11.5. The average Bonchev–Trinajstić information content (AvgIpc) is 2.39. The van der Waals surface area contributed by atoms with Crippen LogP contribution in [0.1, 0.15) is 12.0 Å². The van der Waals surface area contributed by atoms with Crippen molar-refractivity contribution in [3.63, 3.8) is 0 Å². The van der Waals surface area contributed by atoms with Crippen LogP contribution in [0.4, 0.5) is 4.79 Å². The van der Waals surface area contributed by atoms with Crippen molar-refractivity contribution in [1.29, 1.82) is 0 Å². The highest BCUT2D eigenvalue weighted by Gasteiger charge is 2.09. The first-order valence-electron chi connectivity index (χ1n) is 5.65. The predicted molar refractivity (Wildman–Crippen MR) is 66.4 cm³/mol. The Bertz CT molecular complexity index is 423. The summed E-state index contributed by atoms with van der Waals surface area (Å²) >= 11 is 0. The summed E-state index contributed by atoms with van der Waals surface area (Å²) in [7, 11) is 0. The van der Waals surface area contributed by atoms with Gasteiger partial charge in [-0.1, -0.05) is 54.6 Å². The molecule has 1 aliphatic carbocycles. The van der Waals surface area contributed by atoms with Crippen molar-refractivity contribution in [3.8, 4) is 0 Å². The number of ether oxygens (including phenoxy) is 1. The van der Waals surface area contributed by atoms with Crippen LogP contribution in [0, 0.1) is 0 Å². The van der Waals surface area contributed by atoms with Crippen molar-refractivity contribution in [2.24, 2.45) is 0 Å². The lowest BCUT2D eigenvalue weighted by atomic mass is 10.1. The monoisotopic (exact) mass is 229 g/mol. The lowest BCUT2D eigenvalue weighted by Crippen LogP contribution is -2.33. The topological polar surface area (TPSA) is 38.3 Å². The van der Waals surface area contributed by atoms with Gasteiger partial charge in [0.1, 0.15) is 6.61 Å². The second-order valence-corrected chi connectivity index (χ2v) is 3.86. The van der Waals surface area contributed by atoms with Crippen LogP contribution in [-0.2, 0) is 11.3 Å². The molecule has 17 heavy (non-hydrogen) atoms. The number of rotatable bonds is 3. The molecule has 0 radical (unpaired) electrons. The van der Waals surface area contributed by atoms with Crippen LogP contribution < -0.4 is 5.32 Å². The molecule has 3 heteroatoms. The van der Waals surface area contributed by atoms with E-state index in [9.17, 15) is 4.79 Å². The van der Waals surface area contributed by atoms with Crippen molar-refractivity contribution < 1.29 is 9.53 Å². The molecule has 1 amide bonds. The van der Waals surface area contributed by atoms with Gasteiger partial charge in [-0.2, -0.15) is 0 Å². The zero-order chi connectivity index (χ0) is 11.9. The molecular formula is C14H15NO2. The van der Waals surface area contributed by atoms with Crippen molar-refractivity contribution in [1.82, 2.24) is 5.32 Å². The second kappa shape index (κ2) is 5.89. The fourth-order valence-corrected chi connectivity index (χ4v) is 1.60. The number of benzene rings is 1. The van der Waals surface area contributed by atoms with Gasteiger partial charge in [0.25, 0.3) is 0 Å². The van der Waals surface area contributed by atoms with E-state index in [0.29, 0.717) is 6.61 Å². The molecule has 88 valence electrons. The first-order chi connectivity index (χ1) is 8.34. The standard InChI is InChI=1S/C14H15NO2/c16-14(15-13-9-5-2-6-10-13)17-11-12-7-3-1-4-8-12/h1-9,13H,10-11H2,(H,15,16). The Kier molecular flexibility index (Phi) is 3.97. The molecule has 0 fully saturated rings. The highest BCUT2D eigenvalue weighted by molar-refractivity contribution is 5.68. The van der Waals surface area contributed by atoms with Gasteiger partial charge in [0, 0.05) is 0 Å². The van der Waals surface area contributed by atoms with Gasteiger partial charge >= 0.3 is 6.09 Å². The van der Waals surface area contributed by atoms with Crippen LogP contribution in [0.15, 0.2) is 54.6 Å². The molecule has 0 aliphatic heterocycles. The van der Waals surface area contributed by atoms with Crippen molar-refractivity contribution >= 4 is 6.09 Å². The maximum atomic E-state index is 11.5. The number of hydrogen-bond donors (Lipinski definition) is 1. The molecule has 1 aliphatic rings. The summed E-state index contributed by atoms with van der Waals surface area (Å²) in [6, 6.07) is 9.68. The van der Waals surface area contributed by atoms with E-state index in [2.05, 4.69) is 5.32 Å². The van der Waals surface area contributed by atoms with Crippen LogP contribution in [0.3, 0.4) is 0 Å². The smallest absolute Gasteiger partial charge is 0.407 e. The largest absolute Gasteiger partial charge is 0.445 e. The first kappa shape index (κ1) is 11.5. The third-order valence-electron chi connectivity index (χ3n) is 2.50. The highest BCUT2D eigenvalue weighted by atomic mass is 16.5. The number of hydrogen-bond acceptors (Lipinski definition) is 2. The normalized spacial score (nSPS) is 17.8. The number of carbonyl (C=O) groups is 1. The van der Waals surface area contributed by atoms with Crippen LogP contribution in [-0.4, -0.2) is 12.1 Å². The lowest BCUT2D eigenvalue weighted by Gasteiger charge is -2.14. The lowest BCUT2D eigenvalue weighted by molar-refractivity contribution is 0.137. The zero-order valence-electron chi connectivity index (χ0n) is 9.50. The Labute approximate surface area is 101 Å². The third-order valence-corrected chi connectivity index (χ3v) is 2.50. The predicted octanol–water partition coefficient (Wildman–Crippen LogP) is 2.80. The van der Waals surface area contributed by atoms with Crippen molar-refractivity contribution in [3.05, 3.63) is 60.2 Å². The molecule has 3 nitrogen and oxygen atoms in total. The molecule has 1 aromatic carbocycles. The van der Waals surface area contributed by atoms with Gasteiger partial charge in [-0.3, -0.25) is 0 Å². The number of amides is 1. The van der Waals surface area contributed by atoms with Crippen molar-refractivity contribution in [2.45, 2.75) is 19.1 Å². The van der Waals surface area contributed by atoms with Crippen LogP contribution in [0.25, 0.3) is 0 Å². The van der Waals surface area contributed by atoms with Crippen molar-refractivity contribution in [2.75, 3.05) is 0 Å². The molecule has 0 saturated heterocycles. The summed E-state index contributed by atoms with van der Waals surface area (Å²) < 4.78 is 5.12. The Hall–Kier alpha value is -2.03. The fourth-order valence-electron chi connectivity index (χ4n) is 1.60. The maximum Gasteiger partial charge on any atom is 0.407 e. The second-order valence-electron chi connectivity index (χ2n) is 3.86. The molecular weight excluding hydrogens is 214 g/mol. The molecule has 0 bridgehead atoms. The van der Waals surface area contributed by atoms with Gasteiger partial charge in [0.2, 0.25) is 0 Å². The van der Waals surface area contributed by atoms with Gasteiger partial charge in [-0.05, 0) is 12.0 Å². The van der Waals surface area contributed by atoms with Crippen LogP contribution in [0.5, 0.6) is 0 Å². The molecule has 1 aromatic rings. The quantitative estimate of drug-likeness (QED) is 0.865. The molecule has 0 aromatic heterocycles. The summed E-state index contributed by atoms with van der Waals surface area (Å²) in [6.07, 6.45) is 8.29. The molecule has 0 heterocycles. The molecule has 2 rings (SSSR count). The number of allylic oxidation sites excluding steroid dienone is 2. The Balaban J connectivity index is 1.74. The van der Waals surface area contributed by atoms with E-state index in [0.717, 1.165) is 12.0 Å². The van der Waals surface area contributed by atoms with Gasteiger partial charge in [-0.15, -0.1) is 0 Å². The minimum Gasteiger partial charge on any atom is -0.445 e. The Morgan fingerprint density at radius 2 is 2.12 bits per heavy atom. The van der Waals surface area contributed by atoms with Crippen LogP contribution >= 0.6 is 0 Å². The van der Waals surface area contributed by atoms with E-state index in [1.54, 1.807) is 0 Å². The van der Waals surface area contributed by atoms with E-state index < -0.39 is 0 Å². The van der Waals surface area contributed by atoms with Gasteiger partial charge < -0.3 is 10.1 Å². The summed E-state index contributed by atoms with van der Waals surface area (Å²) in [6.45, 7) is 0.305. The maximum absolute atomic E-state index is 11.5. The van der Waals surface area contributed by atoms with Gasteiger partial charge in [-0.25, -0.2) is 4.79 Å². The molecule has 1 N–H and O–H groups in total. The average molecular weight is 229 g/mol. The van der Waals surface area contributed by atoms with Gasteiger partial charge in [0.15, 0.2) is 0 Å². The van der Waals surface area contributed by atoms with E-state index in [-0.39, 0.29) is 12.1 Å². The van der Waals surface area contributed by atoms with Gasteiger partial charge in [0.05, 0.1) is 6.04 Å². The minimum absolute atomic E-state index is 0.0447. The Morgan fingerprint density at radius 1 is 1.29 bits per heavy atom. The third kappa shape index (κ3) is 3.79. The minimum atomic E-state index is -0.376. The SMILES string of the molecule is O=C(NC1C=CC=CC1)OCc1ccccc1. The summed E-state index contributed by atoms with van der Waals surface area (Å²) in [5.41, 5.74) is 0.988. The van der Waals surface area contributed by atoms with E-state index >= 15 is 0 Å². The van der Waals surface area contributed by atoms with E-state index in [1.807, 2.05) is 54.6 Å². The van der Waals surface area contributed by atoms with Crippen LogP contribution in [0.2, 0.25) is 0 Å². The highest BCUT2D eigenvalue weighted by Crippen LogP contribution is 2.04. The number of nitrogens with one attached hydrogen (secondary N) is 1. The number of alkyl carbamates (subject to hydrolysis) is 1. The fraction of sp³-hybridized carbons (Fsp3) is 0.214. The molecule has 1 unspecified atom stereocenters. The Morgan fingerprint density at radius 3 is 2.82 bits per heavy atom. The molecule has 1 atom stereocenters. The summed E-state index contributed by atoms with van der Waals surface area (Å²) in [5.74, 6) is 0. The van der Waals surface area contributed by atoms with E-state index in [4.69, 9.17) is 4.74 Å².